The molecule has 0 unspecified atom stereocenters. The molecule has 0 amide bonds. The van der Waals surface area contributed by atoms with Crippen LogP contribution < -0.4 is 5.32 Å². The lowest BCUT2D eigenvalue weighted by molar-refractivity contribution is -0.156. The maximum atomic E-state index is 13.0. The highest BCUT2D eigenvalue weighted by Gasteiger charge is 2.42. The molecule has 0 bridgehead atoms. The fourth-order valence-corrected chi connectivity index (χ4v) is 3.14. The standard InChI is InChI=1S/C13H13F3N4O.ClH/c14-13(15,16)12-7-2-1-5-20-11(10(7)19-21-12)8-6-17-4-3-9(8)18-20;/h17H,1-6H2;1H. The molecular formula is C13H14ClF3N4O. The zero-order valence-corrected chi connectivity index (χ0v) is 12.4. The minimum atomic E-state index is -4.51. The Morgan fingerprint density at radius 2 is 2.00 bits per heavy atom. The molecule has 2 aromatic rings. The van der Waals surface area contributed by atoms with Crippen molar-refractivity contribution in [2.24, 2.45) is 0 Å². The highest BCUT2D eigenvalue weighted by Crippen LogP contribution is 2.40. The number of hydrogen-bond donors (Lipinski definition) is 1. The van der Waals surface area contributed by atoms with Crippen LogP contribution in [0.2, 0.25) is 0 Å². The van der Waals surface area contributed by atoms with Gasteiger partial charge in [0.2, 0.25) is 5.76 Å². The predicted molar refractivity (Wildman–Crippen MR) is 73.7 cm³/mol. The summed E-state index contributed by atoms with van der Waals surface area (Å²) in [6, 6.07) is 0. The van der Waals surface area contributed by atoms with E-state index >= 15 is 0 Å². The lowest BCUT2D eigenvalue weighted by Crippen LogP contribution is -2.23. The SMILES string of the molecule is Cl.FC(F)(F)c1onc2c1CCCn1nc3c(c1-2)CNCC3. The van der Waals surface area contributed by atoms with Crippen LogP contribution in [0, 0.1) is 0 Å². The molecule has 0 saturated heterocycles. The van der Waals surface area contributed by atoms with Gasteiger partial charge in [0.05, 0.1) is 11.4 Å². The van der Waals surface area contributed by atoms with E-state index < -0.39 is 11.9 Å². The first kappa shape index (κ1) is 15.4. The molecule has 2 aliphatic heterocycles. The maximum absolute atomic E-state index is 13.0. The van der Waals surface area contributed by atoms with Gasteiger partial charge < -0.3 is 9.84 Å². The molecule has 4 rings (SSSR count). The molecule has 0 saturated carbocycles. The van der Waals surface area contributed by atoms with Crippen LogP contribution in [0.15, 0.2) is 4.52 Å². The average Bonchev–Trinajstić information content (AvgIpc) is 2.95. The van der Waals surface area contributed by atoms with E-state index in [9.17, 15) is 13.2 Å². The van der Waals surface area contributed by atoms with Gasteiger partial charge in [0, 0.05) is 37.2 Å². The summed E-state index contributed by atoms with van der Waals surface area (Å²) in [4.78, 5) is 0. The van der Waals surface area contributed by atoms with Crippen LogP contribution in [0.3, 0.4) is 0 Å². The molecule has 0 atom stereocenters. The van der Waals surface area contributed by atoms with Gasteiger partial charge >= 0.3 is 6.18 Å². The van der Waals surface area contributed by atoms with Gasteiger partial charge in [-0.15, -0.1) is 12.4 Å². The molecule has 0 aliphatic carbocycles. The second-order valence-electron chi connectivity index (χ2n) is 5.36. The molecule has 0 spiro atoms. The summed E-state index contributed by atoms with van der Waals surface area (Å²) in [5.74, 6) is -0.968. The Labute approximate surface area is 130 Å². The zero-order valence-electron chi connectivity index (χ0n) is 11.5. The third-order valence-corrected chi connectivity index (χ3v) is 4.04. The summed E-state index contributed by atoms with van der Waals surface area (Å²) in [7, 11) is 0. The van der Waals surface area contributed by atoms with Crippen LogP contribution in [0.4, 0.5) is 13.2 Å². The van der Waals surface area contributed by atoms with Gasteiger partial charge in [-0.25, -0.2) is 0 Å². The van der Waals surface area contributed by atoms with Gasteiger partial charge in [-0.2, -0.15) is 18.3 Å². The molecule has 9 heteroatoms. The summed E-state index contributed by atoms with van der Waals surface area (Å²) < 4.78 is 45.4. The van der Waals surface area contributed by atoms with Gasteiger partial charge in [-0.05, 0) is 12.8 Å². The van der Waals surface area contributed by atoms with Crippen molar-refractivity contribution in [2.45, 2.75) is 38.5 Å². The Balaban J connectivity index is 0.00000144. The zero-order chi connectivity index (χ0) is 14.6. The predicted octanol–water partition coefficient (Wildman–Crippen LogP) is 2.57. The summed E-state index contributed by atoms with van der Waals surface area (Å²) in [5.41, 5.74) is 3.05. The Morgan fingerprint density at radius 1 is 1.18 bits per heavy atom. The third kappa shape index (κ3) is 2.21. The molecule has 2 aliphatic rings. The van der Waals surface area contributed by atoms with E-state index in [1.165, 1.54) is 0 Å². The number of aryl methyl sites for hydroxylation is 1. The number of hydrogen-bond acceptors (Lipinski definition) is 4. The van der Waals surface area contributed by atoms with Crippen molar-refractivity contribution in [3.05, 3.63) is 22.6 Å². The normalized spacial score (nSPS) is 17.0. The molecule has 120 valence electrons. The average molecular weight is 335 g/mol. The topological polar surface area (TPSA) is 55.9 Å². The van der Waals surface area contributed by atoms with Crippen LogP contribution in [0.25, 0.3) is 11.4 Å². The van der Waals surface area contributed by atoms with E-state index in [4.69, 9.17) is 0 Å². The summed E-state index contributed by atoms with van der Waals surface area (Å²) in [6.45, 7) is 2.05. The van der Waals surface area contributed by atoms with Gasteiger partial charge in [0.25, 0.3) is 0 Å². The summed E-state index contributed by atoms with van der Waals surface area (Å²) in [5, 5.41) is 11.5. The van der Waals surface area contributed by atoms with Crippen LogP contribution in [-0.2, 0) is 32.1 Å². The monoisotopic (exact) mass is 334 g/mol. The van der Waals surface area contributed by atoms with E-state index in [-0.39, 0.29) is 18.0 Å². The van der Waals surface area contributed by atoms with Crippen molar-refractivity contribution in [3.63, 3.8) is 0 Å². The van der Waals surface area contributed by atoms with Crippen LogP contribution in [-0.4, -0.2) is 21.5 Å². The smallest absolute Gasteiger partial charge is 0.351 e. The number of aromatic nitrogens is 3. The van der Waals surface area contributed by atoms with E-state index in [2.05, 4.69) is 20.1 Å². The van der Waals surface area contributed by atoms with Crippen molar-refractivity contribution >= 4 is 12.4 Å². The first-order valence-electron chi connectivity index (χ1n) is 6.91. The van der Waals surface area contributed by atoms with E-state index in [0.29, 0.717) is 37.3 Å². The Kier molecular flexibility index (Phi) is 3.68. The van der Waals surface area contributed by atoms with E-state index in [1.54, 1.807) is 4.68 Å². The first-order valence-corrected chi connectivity index (χ1v) is 6.91. The molecule has 2 aromatic heterocycles. The quantitative estimate of drug-likeness (QED) is 0.804. The number of alkyl halides is 3. The van der Waals surface area contributed by atoms with Crippen LogP contribution in [0.5, 0.6) is 0 Å². The Hall–Kier alpha value is -1.54. The lowest BCUT2D eigenvalue weighted by atomic mass is 10.0. The molecule has 0 fully saturated rings. The second-order valence-corrected chi connectivity index (χ2v) is 5.36. The fraction of sp³-hybridized carbons (Fsp3) is 0.538. The van der Waals surface area contributed by atoms with Crippen molar-refractivity contribution < 1.29 is 17.7 Å². The van der Waals surface area contributed by atoms with Gasteiger partial charge in [0.1, 0.15) is 5.69 Å². The fourth-order valence-electron chi connectivity index (χ4n) is 3.14. The number of nitrogens with one attached hydrogen (secondary N) is 1. The second kappa shape index (κ2) is 5.27. The number of nitrogens with zero attached hydrogens (tertiary/aromatic N) is 3. The van der Waals surface area contributed by atoms with Gasteiger partial charge in [0.15, 0.2) is 0 Å². The van der Waals surface area contributed by atoms with Crippen molar-refractivity contribution in [2.75, 3.05) is 6.54 Å². The highest BCUT2D eigenvalue weighted by atomic mass is 35.5. The van der Waals surface area contributed by atoms with Crippen molar-refractivity contribution in [1.82, 2.24) is 20.3 Å². The molecule has 5 nitrogen and oxygen atoms in total. The Bertz CT molecular complexity index is 707. The van der Waals surface area contributed by atoms with Crippen molar-refractivity contribution in [3.8, 4) is 11.4 Å². The molecule has 4 heterocycles. The lowest BCUT2D eigenvalue weighted by Gasteiger charge is -2.12. The van der Waals surface area contributed by atoms with E-state index in [0.717, 1.165) is 24.2 Å². The number of fused-ring (bicyclic) bond motifs is 5. The number of halogens is 4. The highest BCUT2D eigenvalue weighted by molar-refractivity contribution is 5.85. The first-order chi connectivity index (χ1) is 10.1. The van der Waals surface area contributed by atoms with E-state index in [1.807, 2.05) is 0 Å². The minimum absolute atomic E-state index is 0. The Morgan fingerprint density at radius 3 is 2.77 bits per heavy atom. The van der Waals surface area contributed by atoms with Crippen LogP contribution >= 0.6 is 12.4 Å². The minimum Gasteiger partial charge on any atom is -0.351 e. The third-order valence-electron chi connectivity index (χ3n) is 4.04. The molecule has 0 aromatic carbocycles. The summed E-state index contributed by atoms with van der Waals surface area (Å²) in [6.07, 6.45) is -2.82. The largest absolute Gasteiger partial charge is 0.452 e. The maximum Gasteiger partial charge on any atom is 0.452 e. The van der Waals surface area contributed by atoms with Crippen molar-refractivity contribution in [1.29, 1.82) is 0 Å². The molecule has 0 radical (unpaired) electrons. The molecular weight excluding hydrogens is 321 g/mol. The molecule has 22 heavy (non-hydrogen) atoms. The van der Waals surface area contributed by atoms with Crippen LogP contribution in [0.1, 0.15) is 29.0 Å². The number of rotatable bonds is 0. The summed E-state index contributed by atoms with van der Waals surface area (Å²) >= 11 is 0. The molecule has 1 N–H and O–H groups in total. The van der Waals surface area contributed by atoms with Gasteiger partial charge in [-0.3, -0.25) is 4.68 Å². The van der Waals surface area contributed by atoms with Gasteiger partial charge in [-0.1, -0.05) is 5.16 Å².